The van der Waals surface area contributed by atoms with E-state index >= 15 is 0 Å². The van der Waals surface area contributed by atoms with Crippen LogP contribution in [0.2, 0.25) is 0 Å². The Balaban J connectivity index is 3.06. The van der Waals surface area contributed by atoms with Crippen molar-refractivity contribution in [2.24, 2.45) is 0 Å². The number of nitrogen functional groups attached to an aromatic ring is 1. The number of H-pyrrole nitrogens is 1. The van der Waals surface area contributed by atoms with Gasteiger partial charge in [-0.1, -0.05) is 6.08 Å². The summed E-state index contributed by atoms with van der Waals surface area (Å²) in [6.07, 6.45) is 1.27. The molecule has 0 aromatic carbocycles. The van der Waals surface area contributed by atoms with E-state index in [1.165, 1.54) is 6.08 Å². The number of nitrogens with two attached hydrogens (primary N) is 1. The van der Waals surface area contributed by atoms with Gasteiger partial charge in [-0.3, -0.25) is 0 Å². The minimum absolute atomic E-state index is 0.0855. The van der Waals surface area contributed by atoms with Gasteiger partial charge in [-0.05, 0) is 0 Å². The molecule has 0 saturated carbocycles. The van der Waals surface area contributed by atoms with E-state index in [4.69, 9.17) is 5.73 Å². The first-order valence-electron chi connectivity index (χ1n) is 3.08. The second-order valence-corrected chi connectivity index (χ2v) is 4.02. The molecule has 0 aliphatic rings. The van der Waals surface area contributed by atoms with Gasteiger partial charge in [0.15, 0.2) is 0 Å². The fourth-order valence-corrected chi connectivity index (χ4v) is 1.52. The van der Waals surface area contributed by atoms with Crippen LogP contribution in [0.15, 0.2) is 17.8 Å². The van der Waals surface area contributed by atoms with Crippen molar-refractivity contribution in [3.05, 3.63) is 12.7 Å². The molecule has 12 heavy (non-hydrogen) atoms. The molecule has 1 aromatic heterocycles. The lowest BCUT2D eigenvalue weighted by Gasteiger charge is -1.92. The van der Waals surface area contributed by atoms with Gasteiger partial charge in [0.25, 0.3) is 0 Å². The first-order valence-corrected chi connectivity index (χ1v) is 4.73. The lowest BCUT2D eigenvalue weighted by atomic mass is 10.8. The zero-order valence-electron chi connectivity index (χ0n) is 6.19. The minimum Gasteiger partial charge on any atom is -0.366 e. The van der Waals surface area contributed by atoms with Crippen molar-refractivity contribution in [2.75, 3.05) is 11.5 Å². The van der Waals surface area contributed by atoms with E-state index < -0.39 is 9.84 Å². The van der Waals surface area contributed by atoms with Crippen LogP contribution in [0.25, 0.3) is 0 Å². The number of nitrogens with zero attached hydrogens (tertiary/aromatic N) is 2. The molecule has 0 radical (unpaired) electrons. The molecular weight excluding hydrogens is 180 g/mol. The van der Waals surface area contributed by atoms with Crippen LogP contribution in [0.3, 0.4) is 0 Å². The Labute approximate surface area is 69.4 Å². The minimum atomic E-state index is -3.42. The molecule has 1 heterocycles. The van der Waals surface area contributed by atoms with E-state index in [0.717, 1.165) is 0 Å². The van der Waals surface area contributed by atoms with Crippen molar-refractivity contribution in [1.82, 2.24) is 15.2 Å². The summed E-state index contributed by atoms with van der Waals surface area (Å²) in [5, 5.41) is 5.38. The molecule has 0 unspecified atom stereocenters. The highest BCUT2D eigenvalue weighted by molar-refractivity contribution is 7.91. The van der Waals surface area contributed by atoms with Crippen LogP contribution >= 0.6 is 0 Å². The maximum absolute atomic E-state index is 11.2. The largest absolute Gasteiger partial charge is 0.366 e. The van der Waals surface area contributed by atoms with Crippen LogP contribution in [0.4, 0.5) is 5.95 Å². The number of hydrogen-bond donors (Lipinski definition) is 2. The molecule has 0 saturated heterocycles. The maximum Gasteiger partial charge on any atom is 0.245 e. The lowest BCUT2D eigenvalue weighted by Crippen LogP contribution is -2.06. The molecule has 7 heteroatoms. The highest BCUT2D eigenvalue weighted by Crippen LogP contribution is 2.04. The molecule has 0 aliphatic carbocycles. The van der Waals surface area contributed by atoms with E-state index in [1.54, 1.807) is 0 Å². The molecule has 0 amide bonds. The molecule has 0 bridgehead atoms. The average Bonchev–Trinajstić information content (AvgIpc) is 2.36. The van der Waals surface area contributed by atoms with Gasteiger partial charge >= 0.3 is 0 Å². The van der Waals surface area contributed by atoms with Gasteiger partial charge in [-0.25, -0.2) is 13.5 Å². The molecule has 1 aromatic rings. The molecule has 0 aliphatic heterocycles. The normalized spacial score (nSPS) is 11.3. The fourth-order valence-electron chi connectivity index (χ4n) is 0.632. The predicted molar refractivity (Wildman–Crippen MR) is 43.0 cm³/mol. The van der Waals surface area contributed by atoms with Crippen LogP contribution in [0, 0.1) is 0 Å². The van der Waals surface area contributed by atoms with Crippen LogP contribution in [0.1, 0.15) is 0 Å². The van der Waals surface area contributed by atoms with E-state index in [2.05, 4.69) is 21.8 Å². The first kappa shape index (κ1) is 8.72. The van der Waals surface area contributed by atoms with Gasteiger partial charge in [0, 0.05) is 0 Å². The molecule has 66 valence electrons. The highest BCUT2D eigenvalue weighted by atomic mass is 32.2. The van der Waals surface area contributed by atoms with Crippen LogP contribution in [-0.4, -0.2) is 29.4 Å². The summed E-state index contributed by atoms with van der Waals surface area (Å²) >= 11 is 0. The Morgan fingerprint density at radius 2 is 2.33 bits per heavy atom. The standard InChI is InChI=1S/C5H8N4O2S/c1-2-3-12(10,11)5-7-4(6)8-9-5/h2H,1,3H2,(H3,6,7,8,9). The summed E-state index contributed by atoms with van der Waals surface area (Å²) in [6, 6.07) is 0. The fraction of sp³-hybridized carbons (Fsp3) is 0.200. The Hall–Kier alpha value is -1.37. The molecule has 1 rings (SSSR count). The van der Waals surface area contributed by atoms with Crippen molar-refractivity contribution < 1.29 is 8.42 Å². The third-order valence-electron chi connectivity index (χ3n) is 1.11. The summed E-state index contributed by atoms with van der Waals surface area (Å²) in [4.78, 5) is 3.48. The Bertz CT molecular complexity index is 380. The summed E-state index contributed by atoms with van der Waals surface area (Å²) in [5.74, 6) is -0.264. The van der Waals surface area contributed by atoms with E-state index in [1.807, 2.05) is 0 Å². The number of anilines is 1. The van der Waals surface area contributed by atoms with Crippen molar-refractivity contribution in [2.45, 2.75) is 5.16 Å². The molecule has 6 nitrogen and oxygen atoms in total. The third-order valence-corrected chi connectivity index (χ3v) is 2.56. The van der Waals surface area contributed by atoms with Crippen LogP contribution in [0.5, 0.6) is 0 Å². The van der Waals surface area contributed by atoms with Gasteiger partial charge in [-0.2, -0.15) is 4.98 Å². The second kappa shape index (κ2) is 2.94. The van der Waals surface area contributed by atoms with Gasteiger partial charge < -0.3 is 5.73 Å². The molecule has 0 fully saturated rings. The SMILES string of the molecule is C=CCS(=O)(=O)c1nc(N)n[nH]1. The molecule has 0 atom stereocenters. The quantitative estimate of drug-likeness (QED) is 0.613. The number of hydrogen-bond acceptors (Lipinski definition) is 5. The topological polar surface area (TPSA) is 102 Å². The van der Waals surface area contributed by atoms with Crippen molar-refractivity contribution >= 4 is 15.8 Å². The van der Waals surface area contributed by atoms with Crippen molar-refractivity contribution in [3.63, 3.8) is 0 Å². The van der Waals surface area contributed by atoms with Gasteiger partial charge in [0.2, 0.25) is 20.9 Å². The Morgan fingerprint density at radius 3 is 2.75 bits per heavy atom. The maximum atomic E-state index is 11.2. The van der Waals surface area contributed by atoms with E-state index in [9.17, 15) is 8.42 Å². The lowest BCUT2D eigenvalue weighted by molar-refractivity contribution is 0.591. The summed E-state index contributed by atoms with van der Waals surface area (Å²) in [5.41, 5.74) is 5.13. The van der Waals surface area contributed by atoms with Gasteiger partial charge in [0.1, 0.15) is 0 Å². The number of aromatic nitrogens is 3. The second-order valence-electron chi connectivity index (χ2n) is 2.07. The zero-order valence-corrected chi connectivity index (χ0v) is 7.00. The van der Waals surface area contributed by atoms with Crippen LogP contribution < -0.4 is 5.73 Å². The molecule has 3 N–H and O–H groups in total. The molecule has 0 spiro atoms. The van der Waals surface area contributed by atoms with Crippen molar-refractivity contribution in [1.29, 1.82) is 0 Å². The van der Waals surface area contributed by atoms with Gasteiger partial charge in [-0.15, -0.1) is 11.7 Å². The van der Waals surface area contributed by atoms with E-state index in [0.29, 0.717) is 0 Å². The zero-order chi connectivity index (χ0) is 9.19. The third kappa shape index (κ3) is 1.62. The summed E-state index contributed by atoms with van der Waals surface area (Å²) in [6.45, 7) is 3.31. The van der Waals surface area contributed by atoms with E-state index in [-0.39, 0.29) is 16.9 Å². The molecular formula is C5H8N4O2S. The van der Waals surface area contributed by atoms with Crippen LogP contribution in [-0.2, 0) is 9.84 Å². The number of nitrogens with one attached hydrogen (secondary N) is 1. The van der Waals surface area contributed by atoms with Crippen molar-refractivity contribution in [3.8, 4) is 0 Å². The number of aromatic amines is 1. The monoisotopic (exact) mass is 188 g/mol. The summed E-state index contributed by atoms with van der Waals surface area (Å²) in [7, 11) is -3.42. The Morgan fingerprint density at radius 1 is 1.67 bits per heavy atom. The average molecular weight is 188 g/mol. The predicted octanol–water partition coefficient (Wildman–Crippen LogP) is -0.653. The summed E-state index contributed by atoms with van der Waals surface area (Å²) < 4.78 is 22.4. The Kier molecular flexibility index (Phi) is 2.13. The number of sulfone groups is 1. The van der Waals surface area contributed by atoms with Gasteiger partial charge in [0.05, 0.1) is 5.75 Å². The smallest absolute Gasteiger partial charge is 0.245 e. The number of rotatable bonds is 3. The highest BCUT2D eigenvalue weighted by Gasteiger charge is 2.16. The first-order chi connectivity index (χ1) is 5.56.